The monoisotopic (exact) mass is 296 g/mol. The minimum absolute atomic E-state index is 0.0365. The first-order valence-electron chi connectivity index (χ1n) is 6.67. The second-order valence-electron chi connectivity index (χ2n) is 5.50. The van der Waals surface area contributed by atoms with E-state index >= 15 is 0 Å². The van der Waals surface area contributed by atoms with Crippen LogP contribution in [-0.2, 0) is 16.1 Å². The molecule has 0 aromatic carbocycles. The van der Waals surface area contributed by atoms with Crippen LogP contribution in [0.1, 0.15) is 12.5 Å². The summed E-state index contributed by atoms with van der Waals surface area (Å²) in [5.74, 6) is -0.985. The van der Waals surface area contributed by atoms with Crippen molar-refractivity contribution in [3.63, 3.8) is 0 Å². The highest BCUT2D eigenvalue weighted by Gasteiger charge is 2.35. The summed E-state index contributed by atoms with van der Waals surface area (Å²) in [5.41, 5.74) is 1.13. The number of carbonyl (C=O) groups excluding carboxylic acids is 1. The van der Waals surface area contributed by atoms with Crippen molar-refractivity contribution in [2.45, 2.75) is 13.5 Å². The van der Waals surface area contributed by atoms with Gasteiger partial charge in [-0.3, -0.25) is 14.5 Å². The average molecular weight is 296 g/mol. The van der Waals surface area contributed by atoms with Gasteiger partial charge in [-0.05, 0) is 28.3 Å². The van der Waals surface area contributed by atoms with Crippen molar-refractivity contribution in [1.82, 2.24) is 9.80 Å². The molecular formula is C14H20N2O3S. The fraction of sp³-hybridized carbons (Fsp3) is 0.571. The number of carboxylic acid groups (broad SMARTS) is 1. The van der Waals surface area contributed by atoms with Crippen LogP contribution in [0.2, 0.25) is 0 Å². The van der Waals surface area contributed by atoms with Gasteiger partial charge in [-0.2, -0.15) is 11.3 Å². The van der Waals surface area contributed by atoms with E-state index in [-0.39, 0.29) is 17.7 Å². The highest BCUT2D eigenvalue weighted by atomic mass is 32.1. The lowest BCUT2D eigenvalue weighted by molar-refractivity contribution is -0.142. The van der Waals surface area contributed by atoms with Crippen LogP contribution in [0.5, 0.6) is 0 Å². The number of carbonyl (C=O) groups is 2. The van der Waals surface area contributed by atoms with Gasteiger partial charge in [-0.15, -0.1) is 0 Å². The summed E-state index contributed by atoms with van der Waals surface area (Å²) in [6.07, 6.45) is 0. The summed E-state index contributed by atoms with van der Waals surface area (Å²) in [4.78, 5) is 26.9. The van der Waals surface area contributed by atoms with Crippen LogP contribution in [0, 0.1) is 11.8 Å². The summed E-state index contributed by atoms with van der Waals surface area (Å²) >= 11 is 1.62. The summed E-state index contributed by atoms with van der Waals surface area (Å²) < 4.78 is 0. The van der Waals surface area contributed by atoms with Crippen LogP contribution >= 0.6 is 11.3 Å². The molecule has 2 rings (SSSR count). The lowest BCUT2D eigenvalue weighted by Gasteiger charge is -2.21. The third-order valence-corrected chi connectivity index (χ3v) is 4.52. The summed E-state index contributed by atoms with van der Waals surface area (Å²) in [5, 5.41) is 13.1. The van der Waals surface area contributed by atoms with E-state index < -0.39 is 5.97 Å². The first kappa shape index (κ1) is 15.0. The molecule has 1 fully saturated rings. The van der Waals surface area contributed by atoms with Gasteiger partial charge in [0.2, 0.25) is 5.91 Å². The molecule has 0 radical (unpaired) electrons. The van der Waals surface area contributed by atoms with E-state index in [1.165, 1.54) is 0 Å². The number of hydrogen-bond acceptors (Lipinski definition) is 4. The van der Waals surface area contributed by atoms with Crippen molar-refractivity contribution in [1.29, 1.82) is 0 Å². The Balaban J connectivity index is 1.84. The Morgan fingerprint density at radius 1 is 1.50 bits per heavy atom. The van der Waals surface area contributed by atoms with Crippen molar-refractivity contribution < 1.29 is 14.7 Å². The number of rotatable bonds is 5. The number of aliphatic carboxylic acids is 1. The van der Waals surface area contributed by atoms with Crippen molar-refractivity contribution >= 4 is 23.2 Å². The molecule has 1 N–H and O–H groups in total. The zero-order valence-electron chi connectivity index (χ0n) is 11.8. The molecule has 0 bridgehead atoms. The van der Waals surface area contributed by atoms with Crippen molar-refractivity contribution in [3.05, 3.63) is 22.4 Å². The highest BCUT2D eigenvalue weighted by molar-refractivity contribution is 7.07. The molecular weight excluding hydrogens is 276 g/mol. The first-order valence-corrected chi connectivity index (χ1v) is 7.62. The maximum Gasteiger partial charge on any atom is 0.308 e. The predicted molar refractivity (Wildman–Crippen MR) is 77.5 cm³/mol. The molecule has 110 valence electrons. The van der Waals surface area contributed by atoms with Gasteiger partial charge in [0.25, 0.3) is 0 Å². The van der Waals surface area contributed by atoms with Crippen LogP contribution in [0.25, 0.3) is 0 Å². The van der Waals surface area contributed by atoms with E-state index in [1.807, 2.05) is 28.7 Å². The second-order valence-corrected chi connectivity index (χ2v) is 6.28. The predicted octanol–water partition coefficient (Wildman–Crippen LogP) is 1.36. The largest absolute Gasteiger partial charge is 0.481 e. The number of thiophene rings is 1. The molecule has 0 spiro atoms. The Bertz CT molecular complexity index is 475. The topological polar surface area (TPSA) is 60.9 Å². The van der Waals surface area contributed by atoms with Gasteiger partial charge >= 0.3 is 5.97 Å². The van der Waals surface area contributed by atoms with Crippen LogP contribution in [0.15, 0.2) is 16.8 Å². The molecule has 0 aliphatic carbocycles. The lowest BCUT2D eigenvalue weighted by Crippen LogP contribution is -2.37. The van der Waals surface area contributed by atoms with Gasteiger partial charge < -0.3 is 10.0 Å². The molecule has 1 aromatic rings. The zero-order valence-corrected chi connectivity index (χ0v) is 12.6. The van der Waals surface area contributed by atoms with Gasteiger partial charge in [0.05, 0.1) is 12.5 Å². The van der Waals surface area contributed by atoms with E-state index in [0.717, 1.165) is 5.56 Å². The van der Waals surface area contributed by atoms with E-state index in [4.69, 9.17) is 5.11 Å². The van der Waals surface area contributed by atoms with Gasteiger partial charge in [0, 0.05) is 26.7 Å². The lowest BCUT2D eigenvalue weighted by atomic mass is 9.99. The van der Waals surface area contributed by atoms with Crippen LogP contribution in [-0.4, -0.2) is 53.5 Å². The molecule has 20 heavy (non-hydrogen) atoms. The Morgan fingerprint density at radius 2 is 2.25 bits per heavy atom. The standard InChI is InChI=1S/C14H20N2O3S/c1-10-5-16(7-12(10)14(18)19)8-13(17)15(2)6-11-3-4-20-9-11/h3-4,9-10,12H,5-8H2,1-2H3,(H,18,19). The second kappa shape index (κ2) is 6.37. The fourth-order valence-corrected chi connectivity index (χ4v) is 3.23. The molecule has 6 heteroatoms. The molecule has 0 saturated carbocycles. The number of hydrogen-bond donors (Lipinski definition) is 1. The van der Waals surface area contributed by atoms with Gasteiger partial charge in [0.1, 0.15) is 0 Å². The number of amides is 1. The third-order valence-electron chi connectivity index (χ3n) is 3.79. The maximum absolute atomic E-state index is 12.1. The van der Waals surface area contributed by atoms with Crippen LogP contribution < -0.4 is 0 Å². The Kier molecular flexibility index (Phi) is 4.77. The summed E-state index contributed by atoms with van der Waals surface area (Å²) in [7, 11) is 1.79. The number of nitrogens with zero attached hydrogens (tertiary/aromatic N) is 2. The minimum atomic E-state index is -0.765. The summed E-state index contributed by atoms with van der Waals surface area (Å²) in [6.45, 7) is 3.98. The van der Waals surface area contributed by atoms with E-state index in [2.05, 4.69) is 0 Å². The van der Waals surface area contributed by atoms with E-state index in [1.54, 1.807) is 23.3 Å². The van der Waals surface area contributed by atoms with Gasteiger partial charge in [-0.1, -0.05) is 6.92 Å². The highest BCUT2D eigenvalue weighted by Crippen LogP contribution is 2.23. The molecule has 2 atom stereocenters. The maximum atomic E-state index is 12.1. The quantitative estimate of drug-likeness (QED) is 0.891. The Labute approximate surface area is 122 Å². The molecule has 1 amide bonds. The molecule has 1 aromatic heterocycles. The first-order chi connectivity index (χ1) is 9.47. The Hall–Kier alpha value is -1.40. The molecule has 5 nitrogen and oxygen atoms in total. The molecule has 1 saturated heterocycles. The van der Waals surface area contributed by atoms with Crippen LogP contribution in [0.3, 0.4) is 0 Å². The molecule has 2 heterocycles. The third kappa shape index (κ3) is 3.58. The SMILES string of the molecule is CC1CN(CC(=O)N(C)Cc2ccsc2)CC1C(=O)O. The Morgan fingerprint density at radius 3 is 2.80 bits per heavy atom. The summed E-state index contributed by atoms with van der Waals surface area (Å²) in [6, 6.07) is 2.01. The molecule has 1 aliphatic rings. The van der Waals surface area contributed by atoms with Crippen LogP contribution in [0.4, 0.5) is 0 Å². The van der Waals surface area contributed by atoms with Crippen molar-refractivity contribution in [2.24, 2.45) is 11.8 Å². The average Bonchev–Trinajstić information content (AvgIpc) is 2.98. The van der Waals surface area contributed by atoms with Gasteiger partial charge in [-0.25, -0.2) is 0 Å². The van der Waals surface area contributed by atoms with Crippen molar-refractivity contribution in [3.8, 4) is 0 Å². The number of likely N-dealkylation sites (tertiary alicyclic amines) is 1. The molecule has 2 unspecified atom stereocenters. The minimum Gasteiger partial charge on any atom is -0.481 e. The molecule has 1 aliphatic heterocycles. The number of carboxylic acids is 1. The number of likely N-dealkylation sites (N-methyl/N-ethyl adjacent to an activating group) is 1. The van der Waals surface area contributed by atoms with E-state index in [0.29, 0.717) is 26.2 Å². The fourth-order valence-electron chi connectivity index (χ4n) is 2.57. The van der Waals surface area contributed by atoms with E-state index in [9.17, 15) is 9.59 Å². The van der Waals surface area contributed by atoms with Crippen molar-refractivity contribution in [2.75, 3.05) is 26.7 Å². The smallest absolute Gasteiger partial charge is 0.308 e. The zero-order chi connectivity index (χ0) is 14.7. The van der Waals surface area contributed by atoms with Gasteiger partial charge in [0.15, 0.2) is 0 Å². The normalized spacial score (nSPS) is 22.9.